The van der Waals surface area contributed by atoms with E-state index in [2.05, 4.69) is 29.8 Å². The summed E-state index contributed by atoms with van der Waals surface area (Å²) >= 11 is 3.43. The Bertz CT molecular complexity index is 323. The van der Waals surface area contributed by atoms with E-state index in [4.69, 9.17) is 10.5 Å². The summed E-state index contributed by atoms with van der Waals surface area (Å²) in [5.74, 6) is 1.41. The lowest BCUT2D eigenvalue weighted by atomic mass is 10.1. The van der Waals surface area contributed by atoms with Crippen LogP contribution in [0.1, 0.15) is 32.4 Å². The molecule has 0 unspecified atom stereocenters. The third-order valence-electron chi connectivity index (χ3n) is 2.03. The molecule has 15 heavy (non-hydrogen) atoms. The van der Waals surface area contributed by atoms with Gasteiger partial charge in [0, 0.05) is 16.1 Å². The van der Waals surface area contributed by atoms with Crippen LogP contribution in [0.2, 0.25) is 0 Å². The molecular formula is C12H18BrNO. The zero-order chi connectivity index (χ0) is 11.4. The van der Waals surface area contributed by atoms with Crippen molar-refractivity contribution < 1.29 is 4.74 Å². The molecule has 1 atom stereocenters. The molecule has 2 nitrogen and oxygen atoms in total. The number of hydrogen-bond acceptors (Lipinski definition) is 2. The summed E-state index contributed by atoms with van der Waals surface area (Å²) in [6, 6.07) is 5.94. The lowest BCUT2D eigenvalue weighted by Crippen LogP contribution is -2.10. The number of benzene rings is 1. The molecule has 0 amide bonds. The fourth-order valence-electron chi connectivity index (χ4n) is 1.26. The Morgan fingerprint density at radius 2 is 2.00 bits per heavy atom. The van der Waals surface area contributed by atoms with Gasteiger partial charge in [-0.25, -0.2) is 0 Å². The van der Waals surface area contributed by atoms with Crippen LogP contribution in [0.3, 0.4) is 0 Å². The highest BCUT2D eigenvalue weighted by Crippen LogP contribution is 2.27. The summed E-state index contributed by atoms with van der Waals surface area (Å²) in [6.07, 6.45) is 0. The molecule has 0 spiro atoms. The van der Waals surface area contributed by atoms with Crippen molar-refractivity contribution in [3.05, 3.63) is 28.2 Å². The molecule has 1 aromatic carbocycles. The minimum absolute atomic E-state index is 0.00957. The highest BCUT2D eigenvalue weighted by Gasteiger charge is 2.09. The number of halogens is 1. The summed E-state index contributed by atoms with van der Waals surface area (Å²) in [6.45, 7) is 6.94. The van der Waals surface area contributed by atoms with Crippen molar-refractivity contribution in [3.8, 4) is 5.75 Å². The zero-order valence-corrected chi connectivity index (χ0v) is 11.0. The van der Waals surface area contributed by atoms with Crippen LogP contribution in [0.5, 0.6) is 5.75 Å². The topological polar surface area (TPSA) is 35.2 Å². The Hall–Kier alpha value is -0.540. The first-order valence-electron chi connectivity index (χ1n) is 5.18. The average molecular weight is 272 g/mol. The summed E-state index contributed by atoms with van der Waals surface area (Å²) in [7, 11) is 0. The maximum atomic E-state index is 5.89. The van der Waals surface area contributed by atoms with Gasteiger partial charge in [-0.05, 0) is 31.0 Å². The van der Waals surface area contributed by atoms with Gasteiger partial charge in [0.05, 0.1) is 6.61 Å². The molecule has 0 saturated carbocycles. The Balaban J connectivity index is 2.86. The third kappa shape index (κ3) is 3.84. The first-order valence-corrected chi connectivity index (χ1v) is 5.98. The molecule has 2 N–H and O–H groups in total. The van der Waals surface area contributed by atoms with Crippen LogP contribution in [0.25, 0.3) is 0 Å². The van der Waals surface area contributed by atoms with Crippen LogP contribution in [0, 0.1) is 5.92 Å². The SMILES string of the molecule is CC(C)COc1ccc(Br)cc1[C@@H](C)N. The van der Waals surface area contributed by atoms with Gasteiger partial charge in [0.25, 0.3) is 0 Å². The largest absolute Gasteiger partial charge is 0.493 e. The van der Waals surface area contributed by atoms with Gasteiger partial charge in [-0.1, -0.05) is 29.8 Å². The van der Waals surface area contributed by atoms with Gasteiger partial charge in [-0.2, -0.15) is 0 Å². The van der Waals surface area contributed by atoms with Gasteiger partial charge >= 0.3 is 0 Å². The maximum Gasteiger partial charge on any atom is 0.124 e. The molecule has 1 aromatic rings. The molecule has 3 heteroatoms. The molecule has 0 fully saturated rings. The summed E-state index contributed by atoms with van der Waals surface area (Å²) in [4.78, 5) is 0. The van der Waals surface area contributed by atoms with E-state index in [0.717, 1.165) is 22.4 Å². The van der Waals surface area contributed by atoms with Gasteiger partial charge < -0.3 is 10.5 Å². The molecule has 0 radical (unpaired) electrons. The van der Waals surface area contributed by atoms with Crippen LogP contribution in [0.4, 0.5) is 0 Å². The van der Waals surface area contributed by atoms with E-state index in [9.17, 15) is 0 Å². The predicted molar refractivity (Wildman–Crippen MR) is 67.1 cm³/mol. The van der Waals surface area contributed by atoms with Gasteiger partial charge in [-0.3, -0.25) is 0 Å². The molecule has 0 aliphatic heterocycles. The lowest BCUT2D eigenvalue weighted by Gasteiger charge is -2.15. The normalized spacial score (nSPS) is 12.9. The van der Waals surface area contributed by atoms with E-state index in [-0.39, 0.29) is 6.04 Å². The quantitative estimate of drug-likeness (QED) is 0.910. The van der Waals surface area contributed by atoms with Crippen molar-refractivity contribution in [2.45, 2.75) is 26.8 Å². The minimum atomic E-state index is -0.00957. The Morgan fingerprint density at radius 1 is 1.33 bits per heavy atom. The monoisotopic (exact) mass is 271 g/mol. The van der Waals surface area contributed by atoms with E-state index in [0.29, 0.717) is 5.92 Å². The lowest BCUT2D eigenvalue weighted by molar-refractivity contribution is 0.267. The van der Waals surface area contributed by atoms with Crippen molar-refractivity contribution in [1.82, 2.24) is 0 Å². The molecular weight excluding hydrogens is 254 g/mol. The standard InChI is InChI=1S/C12H18BrNO/c1-8(2)7-15-12-5-4-10(13)6-11(12)9(3)14/h4-6,8-9H,7,14H2,1-3H3/t9-/m1/s1. The highest BCUT2D eigenvalue weighted by atomic mass is 79.9. The Morgan fingerprint density at radius 3 is 2.53 bits per heavy atom. The molecule has 0 aliphatic rings. The van der Waals surface area contributed by atoms with Gasteiger partial charge in [0.2, 0.25) is 0 Å². The molecule has 1 rings (SSSR count). The summed E-state index contributed by atoms with van der Waals surface area (Å²) in [5, 5.41) is 0. The molecule has 0 saturated heterocycles. The molecule has 0 bridgehead atoms. The van der Waals surface area contributed by atoms with Gasteiger partial charge in [0.15, 0.2) is 0 Å². The van der Waals surface area contributed by atoms with E-state index in [1.54, 1.807) is 0 Å². The summed E-state index contributed by atoms with van der Waals surface area (Å²) in [5.41, 5.74) is 6.94. The third-order valence-corrected chi connectivity index (χ3v) is 2.53. The van der Waals surface area contributed by atoms with Crippen molar-refractivity contribution in [1.29, 1.82) is 0 Å². The van der Waals surface area contributed by atoms with Crippen molar-refractivity contribution in [2.24, 2.45) is 11.7 Å². The minimum Gasteiger partial charge on any atom is -0.493 e. The Kier molecular flexibility index (Phi) is 4.61. The average Bonchev–Trinajstić information content (AvgIpc) is 2.15. The Labute approximate surface area is 99.9 Å². The maximum absolute atomic E-state index is 5.89. The highest BCUT2D eigenvalue weighted by molar-refractivity contribution is 9.10. The smallest absolute Gasteiger partial charge is 0.124 e. The zero-order valence-electron chi connectivity index (χ0n) is 9.46. The van der Waals surface area contributed by atoms with Crippen LogP contribution in [-0.2, 0) is 0 Å². The number of ether oxygens (including phenoxy) is 1. The fraction of sp³-hybridized carbons (Fsp3) is 0.500. The van der Waals surface area contributed by atoms with E-state index >= 15 is 0 Å². The first-order chi connectivity index (χ1) is 7.00. The van der Waals surface area contributed by atoms with Crippen molar-refractivity contribution in [2.75, 3.05) is 6.61 Å². The fourth-order valence-corrected chi connectivity index (χ4v) is 1.64. The van der Waals surface area contributed by atoms with Crippen LogP contribution in [-0.4, -0.2) is 6.61 Å². The molecule has 0 aromatic heterocycles. The molecule has 0 heterocycles. The predicted octanol–water partition coefficient (Wildman–Crippen LogP) is 3.50. The van der Waals surface area contributed by atoms with Crippen LogP contribution >= 0.6 is 15.9 Å². The van der Waals surface area contributed by atoms with Crippen LogP contribution < -0.4 is 10.5 Å². The number of nitrogens with two attached hydrogens (primary N) is 1. The second-order valence-electron chi connectivity index (χ2n) is 4.18. The number of hydrogen-bond donors (Lipinski definition) is 1. The van der Waals surface area contributed by atoms with Crippen LogP contribution in [0.15, 0.2) is 22.7 Å². The first kappa shape index (κ1) is 12.5. The van der Waals surface area contributed by atoms with E-state index in [1.165, 1.54) is 0 Å². The van der Waals surface area contributed by atoms with Gasteiger partial charge in [0.1, 0.15) is 5.75 Å². The van der Waals surface area contributed by atoms with Crippen molar-refractivity contribution >= 4 is 15.9 Å². The molecule has 84 valence electrons. The van der Waals surface area contributed by atoms with Crippen molar-refractivity contribution in [3.63, 3.8) is 0 Å². The van der Waals surface area contributed by atoms with Gasteiger partial charge in [-0.15, -0.1) is 0 Å². The van der Waals surface area contributed by atoms with E-state index in [1.807, 2.05) is 25.1 Å². The molecule has 0 aliphatic carbocycles. The number of rotatable bonds is 4. The second kappa shape index (κ2) is 5.52. The van der Waals surface area contributed by atoms with E-state index < -0.39 is 0 Å². The summed E-state index contributed by atoms with van der Waals surface area (Å²) < 4.78 is 6.75. The second-order valence-corrected chi connectivity index (χ2v) is 5.09.